The smallest absolute Gasteiger partial charge is 0.248 e. The highest BCUT2D eigenvalue weighted by Gasteiger charge is 2.24. The predicted molar refractivity (Wildman–Crippen MR) is 48.3 cm³/mol. The molecule has 13 heavy (non-hydrogen) atoms. The Hall–Kier alpha value is -0.610. The maximum atomic E-state index is 11.3. The third kappa shape index (κ3) is 2.97. The molecular weight excluding hydrogens is 170 g/mol. The van der Waals surface area contributed by atoms with Crippen LogP contribution in [-0.2, 0) is 9.53 Å². The van der Waals surface area contributed by atoms with Gasteiger partial charge in [-0.1, -0.05) is 13.3 Å². The van der Waals surface area contributed by atoms with E-state index < -0.39 is 0 Å². The van der Waals surface area contributed by atoms with Gasteiger partial charge in [-0.25, -0.2) is 0 Å². The van der Waals surface area contributed by atoms with E-state index >= 15 is 0 Å². The molecule has 1 N–H and O–H groups in total. The SMILES string of the molecule is CCCCN1CC(CO)OCC1=O. The molecule has 0 aromatic rings. The summed E-state index contributed by atoms with van der Waals surface area (Å²) in [5.74, 6) is 0.0400. The summed E-state index contributed by atoms with van der Waals surface area (Å²) in [7, 11) is 0. The van der Waals surface area contributed by atoms with Crippen molar-refractivity contribution in [2.45, 2.75) is 25.9 Å². The zero-order valence-corrected chi connectivity index (χ0v) is 8.03. The van der Waals surface area contributed by atoms with Crippen molar-refractivity contribution in [3.8, 4) is 0 Å². The highest BCUT2D eigenvalue weighted by molar-refractivity contribution is 5.78. The predicted octanol–water partition coefficient (Wildman–Crippen LogP) is 0.00620. The zero-order valence-electron chi connectivity index (χ0n) is 8.03. The first-order chi connectivity index (χ1) is 6.27. The first-order valence-electron chi connectivity index (χ1n) is 4.78. The normalized spacial score (nSPS) is 23.7. The van der Waals surface area contributed by atoms with Gasteiger partial charge in [0.15, 0.2) is 0 Å². The summed E-state index contributed by atoms with van der Waals surface area (Å²) in [6, 6.07) is 0. The lowest BCUT2D eigenvalue weighted by molar-refractivity contribution is -0.151. The van der Waals surface area contributed by atoms with Crippen LogP contribution in [0.4, 0.5) is 0 Å². The van der Waals surface area contributed by atoms with Crippen LogP contribution in [0.2, 0.25) is 0 Å². The van der Waals surface area contributed by atoms with Gasteiger partial charge in [-0.3, -0.25) is 4.79 Å². The summed E-state index contributed by atoms with van der Waals surface area (Å²) in [4.78, 5) is 13.1. The Bertz CT molecular complexity index is 172. The standard InChI is InChI=1S/C9H17NO3/c1-2-3-4-10-5-8(6-11)13-7-9(10)12/h8,11H,2-7H2,1H3. The number of aliphatic hydroxyl groups excluding tert-OH is 1. The molecule has 1 aliphatic heterocycles. The maximum Gasteiger partial charge on any atom is 0.248 e. The van der Waals surface area contributed by atoms with Gasteiger partial charge in [-0.2, -0.15) is 0 Å². The number of carbonyl (C=O) groups excluding carboxylic acids is 1. The van der Waals surface area contributed by atoms with Crippen LogP contribution in [0, 0.1) is 0 Å². The highest BCUT2D eigenvalue weighted by atomic mass is 16.5. The van der Waals surface area contributed by atoms with E-state index in [2.05, 4.69) is 6.92 Å². The average Bonchev–Trinajstić information content (AvgIpc) is 2.17. The molecule has 1 amide bonds. The minimum Gasteiger partial charge on any atom is -0.394 e. The fraction of sp³-hybridized carbons (Fsp3) is 0.889. The van der Waals surface area contributed by atoms with Crippen molar-refractivity contribution in [2.75, 3.05) is 26.3 Å². The van der Waals surface area contributed by atoms with Crippen LogP contribution in [0.5, 0.6) is 0 Å². The van der Waals surface area contributed by atoms with Gasteiger partial charge < -0.3 is 14.7 Å². The van der Waals surface area contributed by atoms with E-state index in [0.29, 0.717) is 6.54 Å². The van der Waals surface area contributed by atoms with Crippen LogP contribution < -0.4 is 0 Å². The summed E-state index contributed by atoms with van der Waals surface area (Å²) in [6.07, 6.45) is 1.91. The van der Waals surface area contributed by atoms with Crippen molar-refractivity contribution in [3.63, 3.8) is 0 Å². The minimum atomic E-state index is -0.186. The molecule has 0 aromatic carbocycles. The third-order valence-corrected chi connectivity index (χ3v) is 2.20. The van der Waals surface area contributed by atoms with Crippen molar-refractivity contribution in [3.05, 3.63) is 0 Å². The number of unbranched alkanes of at least 4 members (excludes halogenated alkanes) is 1. The molecule has 4 heteroatoms. The number of ether oxygens (including phenoxy) is 1. The number of morpholine rings is 1. The summed E-state index contributed by atoms with van der Waals surface area (Å²) in [6.45, 7) is 3.53. The van der Waals surface area contributed by atoms with E-state index in [-0.39, 0.29) is 25.2 Å². The Balaban J connectivity index is 2.36. The van der Waals surface area contributed by atoms with Crippen molar-refractivity contribution < 1.29 is 14.6 Å². The summed E-state index contributed by atoms with van der Waals surface area (Å²) in [5, 5.41) is 8.86. The quantitative estimate of drug-likeness (QED) is 0.674. The van der Waals surface area contributed by atoms with Crippen molar-refractivity contribution in [1.82, 2.24) is 4.90 Å². The third-order valence-electron chi connectivity index (χ3n) is 2.20. The number of amides is 1. The van der Waals surface area contributed by atoms with Crippen LogP contribution in [-0.4, -0.2) is 48.3 Å². The van der Waals surface area contributed by atoms with Gasteiger partial charge in [-0.15, -0.1) is 0 Å². The first-order valence-corrected chi connectivity index (χ1v) is 4.78. The Kier molecular flexibility index (Phi) is 4.18. The molecule has 1 rings (SSSR count). The van der Waals surface area contributed by atoms with Crippen LogP contribution >= 0.6 is 0 Å². The lowest BCUT2D eigenvalue weighted by atomic mass is 10.2. The molecule has 1 aliphatic rings. The van der Waals surface area contributed by atoms with Crippen LogP contribution in [0.25, 0.3) is 0 Å². The second-order valence-corrected chi connectivity index (χ2v) is 3.31. The van der Waals surface area contributed by atoms with Gasteiger partial charge in [0.05, 0.1) is 12.7 Å². The molecule has 1 atom stereocenters. The zero-order chi connectivity index (χ0) is 9.68. The molecule has 0 saturated carbocycles. The largest absolute Gasteiger partial charge is 0.394 e. The Labute approximate surface area is 78.5 Å². The van der Waals surface area contributed by atoms with Gasteiger partial charge in [0.2, 0.25) is 5.91 Å². The molecule has 4 nitrogen and oxygen atoms in total. The van der Waals surface area contributed by atoms with Gasteiger partial charge >= 0.3 is 0 Å². The number of hydrogen-bond acceptors (Lipinski definition) is 3. The summed E-state index contributed by atoms with van der Waals surface area (Å²) >= 11 is 0. The van der Waals surface area contributed by atoms with Crippen LogP contribution in [0.15, 0.2) is 0 Å². The van der Waals surface area contributed by atoms with Crippen molar-refractivity contribution >= 4 is 5.91 Å². The van der Waals surface area contributed by atoms with E-state index in [1.165, 1.54) is 0 Å². The molecule has 1 fully saturated rings. The second-order valence-electron chi connectivity index (χ2n) is 3.31. The van der Waals surface area contributed by atoms with Gasteiger partial charge in [-0.05, 0) is 6.42 Å². The molecule has 0 bridgehead atoms. The number of carbonyl (C=O) groups is 1. The van der Waals surface area contributed by atoms with Gasteiger partial charge in [0.25, 0.3) is 0 Å². The molecule has 0 aliphatic carbocycles. The lowest BCUT2D eigenvalue weighted by Crippen LogP contribution is -2.48. The number of hydrogen-bond donors (Lipinski definition) is 1. The Morgan fingerprint density at radius 2 is 2.46 bits per heavy atom. The highest BCUT2D eigenvalue weighted by Crippen LogP contribution is 2.07. The number of aliphatic hydroxyl groups is 1. The lowest BCUT2D eigenvalue weighted by Gasteiger charge is -2.31. The van der Waals surface area contributed by atoms with Crippen molar-refractivity contribution in [2.24, 2.45) is 0 Å². The number of nitrogens with zero attached hydrogens (tertiary/aromatic N) is 1. The summed E-state index contributed by atoms with van der Waals surface area (Å²) in [5.41, 5.74) is 0. The van der Waals surface area contributed by atoms with Crippen LogP contribution in [0.3, 0.4) is 0 Å². The Morgan fingerprint density at radius 1 is 1.69 bits per heavy atom. The second kappa shape index (κ2) is 5.19. The van der Waals surface area contributed by atoms with E-state index in [4.69, 9.17) is 9.84 Å². The molecule has 0 spiro atoms. The van der Waals surface area contributed by atoms with Crippen molar-refractivity contribution in [1.29, 1.82) is 0 Å². The molecule has 0 aromatic heterocycles. The van der Waals surface area contributed by atoms with Gasteiger partial charge in [0.1, 0.15) is 6.61 Å². The fourth-order valence-corrected chi connectivity index (χ4v) is 1.36. The van der Waals surface area contributed by atoms with E-state index in [0.717, 1.165) is 19.4 Å². The van der Waals surface area contributed by atoms with Gasteiger partial charge in [0, 0.05) is 13.1 Å². The van der Waals surface area contributed by atoms with E-state index in [1.807, 2.05) is 0 Å². The molecule has 0 radical (unpaired) electrons. The molecule has 1 unspecified atom stereocenters. The first kappa shape index (κ1) is 10.5. The monoisotopic (exact) mass is 187 g/mol. The minimum absolute atomic E-state index is 0.00406. The maximum absolute atomic E-state index is 11.3. The molecule has 1 saturated heterocycles. The van der Waals surface area contributed by atoms with Crippen LogP contribution in [0.1, 0.15) is 19.8 Å². The number of rotatable bonds is 4. The topological polar surface area (TPSA) is 49.8 Å². The molecule has 76 valence electrons. The van der Waals surface area contributed by atoms with E-state index in [1.54, 1.807) is 4.90 Å². The molecule has 1 heterocycles. The van der Waals surface area contributed by atoms with E-state index in [9.17, 15) is 4.79 Å². The average molecular weight is 187 g/mol. The molecular formula is C9H17NO3. The fourth-order valence-electron chi connectivity index (χ4n) is 1.36. The summed E-state index contributed by atoms with van der Waals surface area (Å²) < 4.78 is 5.11. The Morgan fingerprint density at radius 3 is 3.08 bits per heavy atom.